The lowest BCUT2D eigenvalue weighted by molar-refractivity contribution is -0.146. The van der Waals surface area contributed by atoms with Gasteiger partial charge < -0.3 is 10.5 Å². The fourth-order valence-corrected chi connectivity index (χ4v) is 1.92. The third kappa shape index (κ3) is 13.3. The maximum absolute atomic E-state index is 11.4. The topological polar surface area (TPSA) is 69.4 Å². The molecule has 4 nitrogen and oxygen atoms in total. The van der Waals surface area contributed by atoms with E-state index in [-0.39, 0.29) is 18.9 Å². The molecule has 0 aromatic heterocycles. The van der Waals surface area contributed by atoms with Crippen LogP contribution in [0.5, 0.6) is 0 Å². The smallest absolute Gasteiger partial charge is 0.320 e. The Balaban J connectivity index is 3.21. The molecule has 0 rings (SSSR count). The van der Waals surface area contributed by atoms with Crippen LogP contribution in [0.2, 0.25) is 0 Å². The summed E-state index contributed by atoms with van der Waals surface area (Å²) in [6, 6.07) is 0. The number of carbonyl (C=O) groups is 2. The molecule has 0 amide bonds. The molecule has 0 radical (unpaired) electrons. The van der Waals surface area contributed by atoms with E-state index in [1.807, 2.05) is 0 Å². The van der Waals surface area contributed by atoms with Gasteiger partial charge in [0.25, 0.3) is 0 Å². The summed E-state index contributed by atoms with van der Waals surface area (Å²) in [6.07, 6.45) is 11.6. The molecular formula is C15H29NO3. The van der Waals surface area contributed by atoms with Crippen LogP contribution in [-0.2, 0) is 14.3 Å². The Morgan fingerprint density at radius 2 is 1.42 bits per heavy atom. The van der Waals surface area contributed by atoms with Gasteiger partial charge in [0.15, 0.2) is 5.78 Å². The summed E-state index contributed by atoms with van der Waals surface area (Å²) in [7, 11) is 0. The van der Waals surface area contributed by atoms with Crippen molar-refractivity contribution in [2.45, 2.75) is 71.1 Å². The maximum atomic E-state index is 11.4. The van der Waals surface area contributed by atoms with Crippen LogP contribution in [0.1, 0.15) is 71.1 Å². The molecule has 0 atom stereocenters. The van der Waals surface area contributed by atoms with Crippen LogP contribution in [0.4, 0.5) is 0 Å². The lowest BCUT2D eigenvalue weighted by atomic mass is 10.1. The van der Waals surface area contributed by atoms with Gasteiger partial charge in [0.1, 0.15) is 6.61 Å². The standard InChI is InChI=1S/C15H29NO3/c1-2-3-4-5-6-7-8-9-10-11-14(17)13-19-15(18)12-16/h2-13,16H2,1H3. The molecule has 2 N–H and O–H groups in total. The minimum atomic E-state index is -0.513. The first kappa shape index (κ1) is 18.1. The van der Waals surface area contributed by atoms with E-state index in [1.165, 1.54) is 44.9 Å². The van der Waals surface area contributed by atoms with Gasteiger partial charge in [-0.2, -0.15) is 0 Å². The Kier molecular flexibility index (Phi) is 12.9. The normalized spacial score (nSPS) is 10.4. The Labute approximate surface area is 117 Å². The molecule has 0 aromatic rings. The first-order chi connectivity index (χ1) is 9.20. The molecule has 0 aliphatic heterocycles. The van der Waals surface area contributed by atoms with E-state index in [9.17, 15) is 9.59 Å². The van der Waals surface area contributed by atoms with E-state index in [1.54, 1.807) is 0 Å². The van der Waals surface area contributed by atoms with Gasteiger partial charge in [-0.15, -0.1) is 0 Å². The van der Waals surface area contributed by atoms with Gasteiger partial charge in [0.05, 0.1) is 6.54 Å². The van der Waals surface area contributed by atoms with E-state index in [0.717, 1.165) is 12.8 Å². The second-order valence-electron chi connectivity index (χ2n) is 4.98. The van der Waals surface area contributed by atoms with E-state index in [4.69, 9.17) is 5.73 Å². The number of unbranched alkanes of at least 4 members (excludes halogenated alkanes) is 8. The molecule has 0 aliphatic rings. The first-order valence-electron chi connectivity index (χ1n) is 7.58. The molecule has 112 valence electrons. The fourth-order valence-electron chi connectivity index (χ4n) is 1.92. The molecule has 0 aliphatic carbocycles. The highest BCUT2D eigenvalue weighted by Crippen LogP contribution is 2.10. The summed E-state index contributed by atoms with van der Waals surface area (Å²) >= 11 is 0. The minimum Gasteiger partial charge on any atom is -0.457 e. The van der Waals surface area contributed by atoms with Crippen molar-refractivity contribution < 1.29 is 14.3 Å². The molecule has 0 saturated carbocycles. The van der Waals surface area contributed by atoms with Gasteiger partial charge in [0.2, 0.25) is 0 Å². The monoisotopic (exact) mass is 271 g/mol. The Morgan fingerprint density at radius 1 is 0.895 bits per heavy atom. The number of hydrogen-bond donors (Lipinski definition) is 1. The number of ether oxygens (including phenoxy) is 1. The SMILES string of the molecule is CCCCCCCCCCCC(=O)COC(=O)CN. The van der Waals surface area contributed by atoms with Gasteiger partial charge in [-0.3, -0.25) is 9.59 Å². The van der Waals surface area contributed by atoms with Gasteiger partial charge in [-0.1, -0.05) is 58.3 Å². The number of rotatable bonds is 13. The van der Waals surface area contributed by atoms with Crippen molar-refractivity contribution in [3.8, 4) is 0 Å². The van der Waals surface area contributed by atoms with Gasteiger partial charge in [-0.05, 0) is 6.42 Å². The molecule has 0 fully saturated rings. The number of nitrogens with two attached hydrogens (primary N) is 1. The zero-order valence-corrected chi connectivity index (χ0v) is 12.3. The van der Waals surface area contributed by atoms with Crippen molar-refractivity contribution in [3.63, 3.8) is 0 Å². The minimum absolute atomic E-state index is 0.00949. The van der Waals surface area contributed by atoms with Gasteiger partial charge in [0, 0.05) is 6.42 Å². The Hall–Kier alpha value is -0.900. The van der Waals surface area contributed by atoms with E-state index in [0.29, 0.717) is 6.42 Å². The molecule has 0 bridgehead atoms. The number of ketones is 1. The summed E-state index contributed by atoms with van der Waals surface area (Å²) in [5, 5.41) is 0. The van der Waals surface area contributed by atoms with Crippen LogP contribution in [0.25, 0.3) is 0 Å². The van der Waals surface area contributed by atoms with Crippen molar-refractivity contribution in [1.82, 2.24) is 0 Å². The quantitative estimate of drug-likeness (QED) is 0.413. The lowest BCUT2D eigenvalue weighted by Gasteiger charge is -2.03. The lowest BCUT2D eigenvalue weighted by Crippen LogP contribution is -2.20. The van der Waals surface area contributed by atoms with Crippen molar-refractivity contribution in [2.24, 2.45) is 5.73 Å². The highest BCUT2D eigenvalue weighted by molar-refractivity contribution is 5.82. The summed E-state index contributed by atoms with van der Waals surface area (Å²) in [5.74, 6) is -0.523. The van der Waals surface area contributed by atoms with Gasteiger partial charge in [-0.25, -0.2) is 0 Å². The second kappa shape index (κ2) is 13.5. The maximum Gasteiger partial charge on any atom is 0.320 e. The zero-order valence-electron chi connectivity index (χ0n) is 12.3. The van der Waals surface area contributed by atoms with E-state index < -0.39 is 5.97 Å². The van der Waals surface area contributed by atoms with Crippen LogP contribution in [0, 0.1) is 0 Å². The number of Topliss-reactive ketones (excluding diaryl/α,β-unsaturated/α-hetero) is 1. The van der Waals surface area contributed by atoms with Crippen molar-refractivity contribution in [3.05, 3.63) is 0 Å². The average Bonchev–Trinajstić information content (AvgIpc) is 2.42. The van der Waals surface area contributed by atoms with Crippen LogP contribution in [0.15, 0.2) is 0 Å². The summed E-state index contributed by atoms with van der Waals surface area (Å²) in [6.45, 7) is 1.94. The second-order valence-corrected chi connectivity index (χ2v) is 4.98. The third-order valence-electron chi connectivity index (χ3n) is 3.12. The van der Waals surface area contributed by atoms with Crippen molar-refractivity contribution in [2.75, 3.05) is 13.2 Å². The Bertz CT molecular complexity index is 242. The molecule has 4 heteroatoms. The summed E-state index contributed by atoms with van der Waals surface area (Å²) < 4.78 is 4.67. The number of carbonyl (C=O) groups excluding carboxylic acids is 2. The van der Waals surface area contributed by atoms with Crippen LogP contribution < -0.4 is 5.73 Å². The van der Waals surface area contributed by atoms with E-state index >= 15 is 0 Å². The van der Waals surface area contributed by atoms with Crippen LogP contribution in [-0.4, -0.2) is 24.9 Å². The molecule has 0 heterocycles. The number of esters is 1. The van der Waals surface area contributed by atoms with Gasteiger partial charge >= 0.3 is 5.97 Å². The molecule has 0 spiro atoms. The molecule has 0 saturated heterocycles. The molecule has 0 unspecified atom stereocenters. The molecule has 0 aromatic carbocycles. The molecule has 19 heavy (non-hydrogen) atoms. The van der Waals surface area contributed by atoms with Crippen molar-refractivity contribution >= 4 is 11.8 Å². The predicted octanol–water partition coefficient (Wildman–Crippen LogP) is 2.98. The Morgan fingerprint density at radius 3 is 1.95 bits per heavy atom. The highest BCUT2D eigenvalue weighted by Gasteiger charge is 2.05. The first-order valence-corrected chi connectivity index (χ1v) is 7.58. The highest BCUT2D eigenvalue weighted by atomic mass is 16.5. The van der Waals surface area contributed by atoms with Crippen LogP contribution >= 0.6 is 0 Å². The van der Waals surface area contributed by atoms with Crippen LogP contribution in [0.3, 0.4) is 0 Å². The third-order valence-corrected chi connectivity index (χ3v) is 3.12. The average molecular weight is 271 g/mol. The van der Waals surface area contributed by atoms with E-state index in [2.05, 4.69) is 11.7 Å². The largest absolute Gasteiger partial charge is 0.457 e. The van der Waals surface area contributed by atoms with Crippen molar-refractivity contribution in [1.29, 1.82) is 0 Å². The summed E-state index contributed by atoms with van der Waals surface area (Å²) in [4.78, 5) is 22.1. The fraction of sp³-hybridized carbons (Fsp3) is 0.867. The number of hydrogen-bond acceptors (Lipinski definition) is 4. The predicted molar refractivity (Wildman–Crippen MR) is 76.9 cm³/mol. The summed E-state index contributed by atoms with van der Waals surface area (Å²) in [5.41, 5.74) is 5.07. The zero-order chi connectivity index (χ0) is 14.3. The molecular weight excluding hydrogens is 242 g/mol.